The molecule has 1 amide bonds. The third-order valence-corrected chi connectivity index (χ3v) is 5.95. The Kier molecular flexibility index (Phi) is 6.03. The molecule has 0 bridgehead atoms. The Morgan fingerprint density at radius 2 is 1.45 bits per heavy atom. The zero-order chi connectivity index (χ0) is 21.8. The number of rotatable bonds is 7. The molecule has 3 aromatic rings. The van der Waals surface area contributed by atoms with Crippen molar-refractivity contribution in [3.05, 3.63) is 95.6 Å². The van der Waals surface area contributed by atoms with Crippen LogP contribution in [0.25, 0.3) is 11.1 Å². The fraction of sp³-hybridized carbons (Fsp3) is 0.231. The van der Waals surface area contributed by atoms with Crippen molar-refractivity contribution in [3.63, 3.8) is 0 Å². The van der Waals surface area contributed by atoms with Crippen molar-refractivity contribution < 1.29 is 19.4 Å². The average Bonchev–Trinajstić information content (AvgIpc) is 3.12. The highest BCUT2D eigenvalue weighted by Crippen LogP contribution is 2.44. The van der Waals surface area contributed by atoms with E-state index in [2.05, 4.69) is 17.4 Å². The maximum Gasteiger partial charge on any atom is 0.407 e. The molecule has 3 aromatic carbocycles. The van der Waals surface area contributed by atoms with Crippen molar-refractivity contribution in [3.8, 4) is 11.1 Å². The van der Waals surface area contributed by atoms with E-state index in [1.807, 2.05) is 73.7 Å². The molecule has 0 aromatic heterocycles. The summed E-state index contributed by atoms with van der Waals surface area (Å²) >= 11 is 0. The molecule has 158 valence electrons. The van der Waals surface area contributed by atoms with Crippen LogP contribution in [0.15, 0.2) is 78.9 Å². The van der Waals surface area contributed by atoms with Crippen LogP contribution in [-0.4, -0.2) is 29.8 Å². The molecule has 0 fully saturated rings. The molecule has 0 spiro atoms. The summed E-state index contributed by atoms with van der Waals surface area (Å²) in [5.41, 5.74) is 5.39. The van der Waals surface area contributed by atoms with Crippen LogP contribution >= 0.6 is 0 Å². The lowest BCUT2D eigenvalue weighted by Crippen LogP contribution is -2.45. The zero-order valence-corrected chi connectivity index (χ0v) is 17.3. The van der Waals surface area contributed by atoms with E-state index in [9.17, 15) is 14.7 Å². The Balaban J connectivity index is 1.48. The summed E-state index contributed by atoms with van der Waals surface area (Å²) < 4.78 is 5.54. The second-order valence-corrected chi connectivity index (χ2v) is 7.71. The highest BCUT2D eigenvalue weighted by atomic mass is 16.5. The number of hydrogen-bond acceptors (Lipinski definition) is 3. The van der Waals surface area contributed by atoms with E-state index in [4.69, 9.17) is 4.74 Å². The van der Waals surface area contributed by atoms with Gasteiger partial charge in [-0.25, -0.2) is 9.59 Å². The van der Waals surface area contributed by atoms with Crippen LogP contribution in [0, 0.1) is 0 Å². The van der Waals surface area contributed by atoms with E-state index in [0.717, 1.165) is 27.8 Å². The van der Waals surface area contributed by atoms with Gasteiger partial charge in [0.05, 0.1) is 0 Å². The standard InChI is InChI=1S/C26H25NO4/c1-2-18(17-10-4-3-5-11-17)24(25(28)29)27-26(30)31-16-23-21-14-8-6-12-19(21)20-13-7-9-15-22(20)23/h3-15,18,23-24H,2,16H2,1H3,(H,27,30)(H,28,29). The van der Waals surface area contributed by atoms with Crippen LogP contribution in [0.3, 0.4) is 0 Å². The smallest absolute Gasteiger partial charge is 0.407 e. The molecule has 0 saturated carbocycles. The van der Waals surface area contributed by atoms with Crippen LogP contribution in [0.2, 0.25) is 0 Å². The van der Waals surface area contributed by atoms with Gasteiger partial charge in [0, 0.05) is 11.8 Å². The lowest BCUT2D eigenvalue weighted by molar-refractivity contribution is -0.140. The third-order valence-electron chi connectivity index (χ3n) is 5.95. The number of carbonyl (C=O) groups is 2. The molecule has 0 radical (unpaired) electrons. The van der Waals surface area contributed by atoms with Crippen LogP contribution in [0.5, 0.6) is 0 Å². The van der Waals surface area contributed by atoms with E-state index in [1.165, 1.54) is 0 Å². The first kappa shape index (κ1) is 20.7. The third kappa shape index (κ3) is 4.17. The molecule has 1 aliphatic carbocycles. The first-order valence-electron chi connectivity index (χ1n) is 10.5. The number of fused-ring (bicyclic) bond motifs is 3. The summed E-state index contributed by atoms with van der Waals surface area (Å²) in [5, 5.41) is 12.3. The molecular formula is C26H25NO4. The number of hydrogen-bond donors (Lipinski definition) is 2. The van der Waals surface area contributed by atoms with Gasteiger partial charge in [0.1, 0.15) is 12.6 Å². The fourth-order valence-corrected chi connectivity index (χ4v) is 4.47. The van der Waals surface area contributed by atoms with Gasteiger partial charge in [-0.1, -0.05) is 85.8 Å². The SMILES string of the molecule is CCC(c1ccccc1)C(NC(=O)OCC1c2ccccc2-c2ccccc21)C(=O)O. The summed E-state index contributed by atoms with van der Waals surface area (Å²) in [6, 6.07) is 24.5. The molecule has 2 unspecified atom stereocenters. The van der Waals surface area contributed by atoms with Crippen LogP contribution < -0.4 is 5.32 Å². The highest BCUT2D eigenvalue weighted by Gasteiger charge is 2.32. The molecule has 4 rings (SSSR count). The molecule has 0 heterocycles. The summed E-state index contributed by atoms with van der Waals surface area (Å²) in [6.07, 6.45) is -0.145. The van der Waals surface area contributed by atoms with Crippen LogP contribution in [0.1, 0.15) is 41.9 Å². The fourth-order valence-electron chi connectivity index (χ4n) is 4.47. The van der Waals surface area contributed by atoms with E-state index < -0.39 is 18.1 Å². The van der Waals surface area contributed by atoms with E-state index in [0.29, 0.717) is 6.42 Å². The largest absolute Gasteiger partial charge is 0.480 e. The van der Waals surface area contributed by atoms with Crippen LogP contribution in [-0.2, 0) is 9.53 Å². The summed E-state index contributed by atoms with van der Waals surface area (Å²) in [5.74, 6) is -1.50. The van der Waals surface area contributed by atoms with Crippen molar-refractivity contribution in [1.82, 2.24) is 5.32 Å². The molecule has 0 saturated heterocycles. The second kappa shape index (κ2) is 9.04. The van der Waals surface area contributed by atoms with Crippen molar-refractivity contribution in [2.24, 2.45) is 0 Å². The molecule has 2 atom stereocenters. The molecule has 5 nitrogen and oxygen atoms in total. The van der Waals surface area contributed by atoms with Crippen molar-refractivity contribution in [2.75, 3.05) is 6.61 Å². The van der Waals surface area contributed by atoms with Gasteiger partial charge in [0.25, 0.3) is 0 Å². The normalized spacial score (nSPS) is 14.2. The maximum atomic E-state index is 12.6. The number of aliphatic carboxylic acids is 1. The van der Waals surface area contributed by atoms with Gasteiger partial charge in [0.2, 0.25) is 0 Å². The Bertz CT molecular complexity index is 1030. The monoisotopic (exact) mass is 415 g/mol. The van der Waals surface area contributed by atoms with Crippen molar-refractivity contribution >= 4 is 12.1 Å². The number of amides is 1. The number of carbonyl (C=O) groups excluding carboxylic acids is 1. The minimum Gasteiger partial charge on any atom is -0.480 e. The van der Waals surface area contributed by atoms with E-state index in [1.54, 1.807) is 0 Å². The van der Waals surface area contributed by atoms with E-state index in [-0.39, 0.29) is 18.4 Å². The minimum absolute atomic E-state index is 0.0717. The van der Waals surface area contributed by atoms with Gasteiger partial charge in [-0.2, -0.15) is 0 Å². The maximum absolute atomic E-state index is 12.6. The molecule has 2 N–H and O–H groups in total. The quantitative estimate of drug-likeness (QED) is 0.558. The van der Waals surface area contributed by atoms with Gasteiger partial charge in [0.15, 0.2) is 0 Å². The zero-order valence-electron chi connectivity index (χ0n) is 17.3. The van der Waals surface area contributed by atoms with Gasteiger partial charge >= 0.3 is 12.1 Å². The Morgan fingerprint density at radius 3 is 2.00 bits per heavy atom. The van der Waals surface area contributed by atoms with Gasteiger partial charge in [-0.15, -0.1) is 0 Å². The number of alkyl carbamates (subject to hydrolysis) is 1. The molecular weight excluding hydrogens is 390 g/mol. The number of ether oxygens (including phenoxy) is 1. The lowest BCUT2D eigenvalue weighted by atomic mass is 9.89. The molecule has 1 aliphatic rings. The minimum atomic E-state index is -1.08. The Morgan fingerprint density at radius 1 is 0.903 bits per heavy atom. The van der Waals surface area contributed by atoms with Gasteiger partial charge in [-0.3, -0.25) is 0 Å². The summed E-state index contributed by atoms with van der Waals surface area (Å²) in [4.78, 5) is 24.5. The molecule has 0 aliphatic heterocycles. The Labute approximate surface area is 181 Å². The van der Waals surface area contributed by atoms with E-state index >= 15 is 0 Å². The van der Waals surface area contributed by atoms with Crippen molar-refractivity contribution in [2.45, 2.75) is 31.2 Å². The number of benzene rings is 3. The molecule has 5 heteroatoms. The number of carboxylic acid groups (broad SMARTS) is 1. The average molecular weight is 415 g/mol. The second-order valence-electron chi connectivity index (χ2n) is 7.71. The summed E-state index contributed by atoms with van der Waals surface area (Å²) in [6.45, 7) is 2.06. The predicted molar refractivity (Wildman–Crippen MR) is 119 cm³/mol. The highest BCUT2D eigenvalue weighted by molar-refractivity contribution is 5.82. The molecule has 31 heavy (non-hydrogen) atoms. The van der Waals surface area contributed by atoms with Crippen LogP contribution in [0.4, 0.5) is 4.79 Å². The topological polar surface area (TPSA) is 75.6 Å². The van der Waals surface area contributed by atoms with Gasteiger partial charge < -0.3 is 15.2 Å². The summed E-state index contributed by atoms with van der Waals surface area (Å²) in [7, 11) is 0. The first-order valence-corrected chi connectivity index (χ1v) is 10.5. The predicted octanol–water partition coefficient (Wildman–Crippen LogP) is 5.17. The lowest BCUT2D eigenvalue weighted by Gasteiger charge is -2.24. The number of carboxylic acids is 1. The first-order chi connectivity index (χ1) is 15.1. The number of nitrogens with one attached hydrogen (secondary N) is 1. The van der Waals surface area contributed by atoms with Crippen molar-refractivity contribution in [1.29, 1.82) is 0 Å². The Hall–Kier alpha value is -3.60. The van der Waals surface area contributed by atoms with Gasteiger partial charge in [-0.05, 0) is 34.2 Å².